The van der Waals surface area contributed by atoms with Crippen LogP contribution in [0.5, 0.6) is 0 Å². The Labute approximate surface area is 399 Å². The van der Waals surface area contributed by atoms with Crippen LogP contribution >= 0.6 is 0 Å². The van der Waals surface area contributed by atoms with Crippen LogP contribution in [0.3, 0.4) is 0 Å². The van der Waals surface area contributed by atoms with Gasteiger partial charge in [0.1, 0.15) is 0 Å². The number of aryl methyl sites for hydroxylation is 6. The molecule has 0 amide bonds. The molecule has 0 spiro atoms. The number of hydrogen-bond acceptors (Lipinski definition) is 2. The molecule has 68 heavy (non-hydrogen) atoms. The topological polar surface area (TPSA) is 6.48 Å². The molecule has 12 aromatic carbocycles. The minimum Gasteiger partial charge on any atom is -0.310 e. The maximum atomic E-state index is 2.47. The van der Waals surface area contributed by atoms with Gasteiger partial charge in [0, 0.05) is 44.3 Å². The van der Waals surface area contributed by atoms with Gasteiger partial charge >= 0.3 is 0 Å². The van der Waals surface area contributed by atoms with Crippen LogP contribution in [-0.2, 0) is 0 Å². The van der Waals surface area contributed by atoms with Crippen molar-refractivity contribution in [2.75, 3.05) is 9.80 Å². The summed E-state index contributed by atoms with van der Waals surface area (Å²) < 4.78 is 0. The van der Waals surface area contributed by atoms with Gasteiger partial charge in [-0.3, -0.25) is 0 Å². The van der Waals surface area contributed by atoms with E-state index in [1.807, 2.05) is 0 Å². The molecule has 0 aliphatic rings. The van der Waals surface area contributed by atoms with Crippen molar-refractivity contribution in [1.82, 2.24) is 0 Å². The molecular weight excluding hydrogens is 821 g/mol. The van der Waals surface area contributed by atoms with Gasteiger partial charge in [-0.05, 0) is 169 Å². The SMILES string of the molecule is Cc1ccc(N(c2ccc(C)cc2)c2cc(-c3ccc4cc(C)ccc4c3)c3ccc4c(N(c5ccc(C)cc5)c5ccc(C)cc5)cc(-c5ccc6cc(C)ccc6c5)c5ccc2c3c54)cc1. The van der Waals surface area contributed by atoms with E-state index in [0.717, 1.165) is 34.1 Å². The van der Waals surface area contributed by atoms with Crippen LogP contribution in [0.1, 0.15) is 33.4 Å². The highest BCUT2D eigenvalue weighted by Crippen LogP contribution is 2.52. The van der Waals surface area contributed by atoms with Gasteiger partial charge in [-0.2, -0.15) is 0 Å². The maximum absolute atomic E-state index is 2.47. The summed E-state index contributed by atoms with van der Waals surface area (Å²) in [4.78, 5) is 4.94. The summed E-state index contributed by atoms with van der Waals surface area (Å²) in [6.07, 6.45) is 0. The van der Waals surface area contributed by atoms with Gasteiger partial charge in [-0.25, -0.2) is 0 Å². The highest BCUT2D eigenvalue weighted by Gasteiger charge is 2.26. The number of benzene rings is 12. The third-order valence-corrected chi connectivity index (χ3v) is 14.1. The smallest absolute Gasteiger partial charge is 0.0546 e. The summed E-state index contributed by atoms with van der Waals surface area (Å²) in [5, 5.41) is 12.4. The average Bonchev–Trinajstić information content (AvgIpc) is 3.35. The number of rotatable bonds is 8. The molecule has 326 valence electrons. The number of fused-ring (bicyclic) bond motifs is 2. The van der Waals surface area contributed by atoms with E-state index in [2.05, 4.69) is 258 Å². The van der Waals surface area contributed by atoms with Crippen molar-refractivity contribution in [3.05, 3.63) is 240 Å². The zero-order valence-corrected chi connectivity index (χ0v) is 39.5. The second kappa shape index (κ2) is 16.3. The number of nitrogens with zero attached hydrogens (tertiary/aromatic N) is 2. The standard InChI is InChI=1S/C66H52N2/c1-41-9-23-53(24-10-41)67(54-25-11-42(2)12-26-54)63-39-61(51-21-19-47-35-45(5)7-17-49(47)37-51)57-32-34-60-64(68(55-27-13-43(3)14-28-55)56-29-15-44(4)16-30-56)40-62(58-31-33-59(63)65(57)66(58)60)52-22-20-48-36-46(6)8-18-50(48)38-52/h7-40H,1-6H3. The molecule has 2 nitrogen and oxygen atoms in total. The molecule has 0 fully saturated rings. The van der Waals surface area contributed by atoms with E-state index in [1.54, 1.807) is 0 Å². The average molecular weight is 873 g/mol. The fourth-order valence-corrected chi connectivity index (χ4v) is 10.5. The molecule has 0 N–H and O–H groups in total. The van der Waals surface area contributed by atoms with Crippen LogP contribution in [0, 0.1) is 41.5 Å². The minimum absolute atomic E-state index is 1.12. The van der Waals surface area contributed by atoms with Crippen molar-refractivity contribution in [2.24, 2.45) is 0 Å². The molecule has 12 aromatic rings. The summed E-state index contributed by atoms with van der Waals surface area (Å²) in [6, 6.07) is 78.0. The molecule has 0 bridgehead atoms. The number of anilines is 6. The van der Waals surface area contributed by atoms with Gasteiger partial charge in [0.15, 0.2) is 0 Å². The molecule has 0 saturated heterocycles. The molecule has 0 aliphatic carbocycles. The largest absolute Gasteiger partial charge is 0.310 e. The van der Waals surface area contributed by atoms with E-state index in [4.69, 9.17) is 0 Å². The van der Waals surface area contributed by atoms with E-state index in [9.17, 15) is 0 Å². The van der Waals surface area contributed by atoms with Crippen molar-refractivity contribution in [3.8, 4) is 22.3 Å². The Bertz CT molecular complexity index is 3530. The van der Waals surface area contributed by atoms with Crippen LogP contribution < -0.4 is 9.80 Å². The quantitative estimate of drug-likeness (QED) is 0.140. The molecule has 0 aromatic heterocycles. The van der Waals surface area contributed by atoms with Gasteiger partial charge in [0.2, 0.25) is 0 Å². The van der Waals surface area contributed by atoms with Gasteiger partial charge < -0.3 is 9.80 Å². The number of hydrogen-bond donors (Lipinski definition) is 0. The lowest BCUT2D eigenvalue weighted by Crippen LogP contribution is -2.12. The fraction of sp³-hybridized carbons (Fsp3) is 0.0909. The second-order valence-corrected chi connectivity index (χ2v) is 19.1. The summed E-state index contributed by atoms with van der Waals surface area (Å²) in [6.45, 7) is 13.0. The Morgan fingerprint density at radius 1 is 0.235 bits per heavy atom. The lowest BCUT2D eigenvalue weighted by atomic mass is 9.84. The molecule has 0 unspecified atom stereocenters. The Morgan fingerprint density at radius 2 is 0.515 bits per heavy atom. The van der Waals surface area contributed by atoms with E-state index < -0.39 is 0 Å². The van der Waals surface area contributed by atoms with Crippen molar-refractivity contribution < 1.29 is 0 Å². The first-order valence-corrected chi connectivity index (χ1v) is 23.8. The first-order chi connectivity index (χ1) is 33.1. The lowest BCUT2D eigenvalue weighted by molar-refractivity contribution is 1.28. The van der Waals surface area contributed by atoms with Gasteiger partial charge in [0.05, 0.1) is 11.4 Å². The normalized spacial score (nSPS) is 11.7. The van der Waals surface area contributed by atoms with Crippen molar-refractivity contribution >= 4 is 88.0 Å². The molecule has 0 atom stereocenters. The van der Waals surface area contributed by atoms with Gasteiger partial charge in [-0.15, -0.1) is 0 Å². The van der Waals surface area contributed by atoms with Crippen LogP contribution in [-0.4, -0.2) is 0 Å². The Hall–Kier alpha value is -8.20. The van der Waals surface area contributed by atoms with Crippen LogP contribution in [0.2, 0.25) is 0 Å². The first kappa shape index (κ1) is 41.2. The van der Waals surface area contributed by atoms with Crippen molar-refractivity contribution in [3.63, 3.8) is 0 Å². The van der Waals surface area contributed by atoms with E-state index in [-0.39, 0.29) is 0 Å². The van der Waals surface area contributed by atoms with E-state index in [0.29, 0.717) is 0 Å². The molecule has 0 saturated carbocycles. The lowest BCUT2D eigenvalue weighted by Gasteiger charge is -2.31. The summed E-state index contributed by atoms with van der Waals surface area (Å²) in [5.41, 5.74) is 19.0. The van der Waals surface area contributed by atoms with Crippen LogP contribution in [0.4, 0.5) is 34.1 Å². The molecule has 2 heteroatoms. The molecule has 0 heterocycles. The first-order valence-electron chi connectivity index (χ1n) is 23.8. The zero-order chi connectivity index (χ0) is 46.2. The predicted molar refractivity (Wildman–Crippen MR) is 294 cm³/mol. The van der Waals surface area contributed by atoms with Crippen molar-refractivity contribution in [1.29, 1.82) is 0 Å². The predicted octanol–water partition coefficient (Wildman–Crippen LogP) is 19.0. The third-order valence-electron chi connectivity index (χ3n) is 14.1. The van der Waals surface area contributed by atoms with E-state index in [1.165, 1.54) is 109 Å². The molecule has 12 rings (SSSR count). The minimum atomic E-state index is 1.12. The summed E-state index contributed by atoms with van der Waals surface area (Å²) >= 11 is 0. The van der Waals surface area contributed by atoms with Gasteiger partial charge in [0.25, 0.3) is 0 Å². The third kappa shape index (κ3) is 7.12. The zero-order valence-electron chi connectivity index (χ0n) is 39.5. The van der Waals surface area contributed by atoms with Gasteiger partial charge in [-0.1, -0.05) is 167 Å². The molecule has 0 aliphatic heterocycles. The monoisotopic (exact) mass is 872 g/mol. The highest BCUT2D eigenvalue weighted by atomic mass is 15.1. The highest BCUT2D eigenvalue weighted by molar-refractivity contribution is 6.32. The molecule has 0 radical (unpaired) electrons. The Kier molecular flexibility index (Phi) is 9.88. The fourth-order valence-electron chi connectivity index (χ4n) is 10.5. The van der Waals surface area contributed by atoms with E-state index >= 15 is 0 Å². The molecular formula is C66H52N2. The van der Waals surface area contributed by atoms with Crippen molar-refractivity contribution in [2.45, 2.75) is 41.5 Å². The van der Waals surface area contributed by atoms with Crippen LogP contribution in [0.15, 0.2) is 206 Å². The second-order valence-electron chi connectivity index (χ2n) is 19.1. The maximum Gasteiger partial charge on any atom is 0.0546 e. The summed E-state index contributed by atoms with van der Waals surface area (Å²) in [5.74, 6) is 0. The summed E-state index contributed by atoms with van der Waals surface area (Å²) in [7, 11) is 0. The Morgan fingerprint density at radius 3 is 0.853 bits per heavy atom. The van der Waals surface area contributed by atoms with Crippen LogP contribution in [0.25, 0.3) is 76.1 Å². The Balaban J connectivity index is 1.25.